The number of aryl methyl sites for hydroxylation is 1. The molecule has 1 fully saturated rings. The molecule has 1 saturated carbocycles. The van der Waals surface area contributed by atoms with Crippen molar-refractivity contribution in [1.82, 2.24) is 10.2 Å². The van der Waals surface area contributed by atoms with E-state index in [1.54, 1.807) is 53.4 Å². The Labute approximate surface area is 249 Å². The normalized spacial score (nSPS) is 14.3. The Hall–Kier alpha value is -3.85. The van der Waals surface area contributed by atoms with Crippen LogP contribution in [0.2, 0.25) is 0 Å². The lowest BCUT2D eigenvalue weighted by atomic mass is 10.1. The molecule has 1 N–H and O–H groups in total. The van der Waals surface area contributed by atoms with Gasteiger partial charge in [0, 0.05) is 18.7 Å². The highest BCUT2D eigenvalue weighted by Gasteiger charge is 2.34. The van der Waals surface area contributed by atoms with Gasteiger partial charge in [-0.05, 0) is 62.4 Å². The fraction of sp³-hybridized carbons (Fsp3) is 0.394. The molecule has 0 radical (unpaired) electrons. The van der Waals surface area contributed by atoms with Crippen LogP contribution in [0.4, 0.5) is 5.69 Å². The minimum Gasteiger partial charge on any atom is -0.497 e. The average molecular weight is 592 g/mol. The molecule has 42 heavy (non-hydrogen) atoms. The van der Waals surface area contributed by atoms with Gasteiger partial charge < -0.3 is 15.0 Å². The van der Waals surface area contributed by atoms with E-state index in [1.165, 1.54) is 7.11 Å². The third kappa shape index (κ3) is 7.70. The predicted octanol–water partition coefficient (Wildman–Crippen LogP) is 5.11. The zero-order chi connectivity index (χ0) is 30.1. The second-order valence-corrected chi connectivity index (χ2v) is 12.6. The molecule has 3 aromatic carbocycles. The van der Waals surface area contributed by atoms with Gasteiger partial charge in [-0.2, -0.15) is 0 Å². The summed E-state index contributed by atoms with van der Waals surface area (Å²) in [5.41, 5.74) is 2.25. The van der Waals surface area contributed by atoms with E-state index in [-0.39, 0.29) is 23.4 Å². The first-order valence-corrected chi connectivity index (χ1v) is 16.0. The summed E-state index contributed by atoms with van der Waals surface area (Å²) in [4.78, 5) is 29.3. The number of methoxy groups -OCH3 is 1. The van der Waals surface area contributed by atoms with E-state index >= 15 is 0 Å². The van der Waals surface area contributed by atoms with Gasteiger partial charge >= 0.3 is 0 Å². The lowest BCUT2D eigenvalue weighted by Crippen LogP contribution is -2.54. The average Bonchev–Trinajstić information content (AvgIpc) is 3.51. The minimum atomic E-state index is -4.13. The van der Waals surface area contributed by atoms with Gasteiger partial charge in [0.25, 0.3) is 10.0 Å². The first-order chi connectivity index (χ1) is 20.2. The van der Waals surface area contributed by atoms with Crippen LogP contribution in [0.3, 0.4) is 0 Å². The number of nitrogens with zero attached hydrogens (tertiary/aromatic N) is 2. The van der Waals surface area contributed by atoms with Crippen LogP contribution in [0.25, 0.3) is 0 Å². The molecule has 9 heteroatoms. The number of carbonyl (C=O) groups excluding carboxylic acids is 2. The van der Waals surface area contributed by atoms with E-state index in [4.69, 9.17) is 4.74 Å². The number of hydrogen-bond donors (Lipinski definition) is 1. The molecule has 3 aromatic rings. The highest BCUT2D eigenvalue weighted by atomic mass is 32.2. The first kappa shape index (κ1) is 31.1. The Morgan fingerprint density at radius 2 is 1.67 bits per heavy atom. The summed E-state index contributed by atoms with van der Waals surface area (Å²) < 4.78 is 34.5. The van der Waals surface area contributed by atoms with E-state index in [0.717, 1.165) is 41.1 Å². The summed E-state index contributed by atoms with van der Waals surface area (Å²) in [7, 11) is -2.63. The van der Waals surface area contributed by atoms with Crippen molar-refractivity contribution < 1.29 is 22.7 Å². The van der Waals surface area contributed by atoms with Gasteiger partial charge in [-0.3, -0.25) is 13.9 Å². The Balaban J connectivity index is 1.68. The number of amides is 2. The maximum atomic E-state index is 14.2. The summed E-state index contributed by atoms with van der Waals surface area (Å²) in [6.45, 7) is 3.57. The molecule has 1 atom stereocenters. The third-order valence-electron chi connectivity index (χ3n) is 7.80. The number of ether oxygens (including phenoxy) is 1. The molecule has 2 amide bonds. The molecule has 224 valence electrons. The number of sulfonamides is 1. The molecule has 4 rings (SSSR count). The quantitative estimate of drug-likeness (QED) is 0.298. The molecule has 0 saturated heterocycles. The van der Waals surface area contributed by atoms with Gasteiger partial charge in [-0.1, -0.05) is 73.9 Å². The van der Waals surface area contributed by atoms with Gasteiger partial charge in [0.15, 0.2) is 0 Å². The zero-order valence-corrected chi connectivity index (χ0v) is 25.5. The van der Waals surface area contributed by atoms with E-state index in [0.29, 0.717) is 24.3 Å². The van der Waals surface area contributed by atoms with Crippen molar-refractivity contribution in [3.63, 3.8) is 0 Å². The van der Waals surface area contributed by atoms with Crippen LogP contribution in [0.1, 0.15) is 50.2 Å². The summed E-state index contributed by atoms with van der Waals surface area (Å²) in [6, 6.07) is 22.3. The fourth-order valence-electron chi connectivity index (χ4n) is 5.40. The Kier molecular flexibility index (Phi) is 10.6. The molecule has 1 unspecified atom stereocenters. The van der Waals surface area contributed by atoms with Gasteiger partial charge in [-0.25, -0.2) is 8.42 Å². The van der Waals surface area contributed by atoms with Crippen molar-refractivity contribution in [3.05, 3.63) is 90.0 Å². The lowest BCUT2D eigenvalue weighted by molar-refractivity contribution is -0.139. The Morgan fingerprint density at radius 1 is 0.976 bits per heavy atom. The largest absolute Gasteiger partial charge is 0.497 e. The third-order valence-corrected chi connectivity index (χ3v) is 9.59. The van der Waals surface area contributed by atoms with Crippen LogP contribution >= 0.6 is 0 Å². The van der Waals surface area contributed by atoms with Crippen LogP contribution in [0.15, 0.2) is 83.8 Å². The summed E-state index contributed by atoms with van der Waals surface area (Å²) >= 11 is 0. The molecule has 0 aromatic heterocycles. The van der Waals surface area contributed by atoms with Crippen molar-refractivity contribution in [1.29, 1.82) is 0 Å². The summed E-state index contributed by atoms with van der Waals surface area (Å²) in [5, 5.41) is 3.14. The number of carbonyl (C=O) groups is 2. The van der Waals surface area contributed by atoms with E-state index in [9.17, 15) is 18.0 Å². The molecule has 0 aliphatic heterocycles. The number of hydrogen-bond acceptors (Lipinski definition) is 5. The SMILES string of the molecule is CCC(C(=O)NC1CCCC1)N(CCc1ccccc1)C(=O)CN(c1cccc(OC)c1)S(=O)(=O)c1ccc(C)cc1. The maximum Gasteiger partial charge on any atom is 0.264 e. The predicted molar refractivity (Wildman–Crippen MR) is 165 cm³/mol. The molecular weight excluding hydrogens is 550 g/mol. The number of anilines is 1. The molecule has 8 nitrogen and oxygen atoms in total. The van der Waals surface area contributed by atoms with Crippen molar-refractivity contribution in [2.75, 3.05) is 24.5 Å². The first-order valence-electron chi connectivity index (χ1n) is 14.6. The summed E-state index contributed by atoms with van der Waals surface area (Å²) in [5.74, 6) is -0.176. The van der Waals surface area contributed by atoms with Crippen molar-refractivity contribution >= 4 is 27.5 Å². The molecule has 0 heterocycles. The van der Waals surface area contributed by atoms with Crippen LogP contribution < -0.4 is 14.4 Å². The zero-order valence-electron chi connectivity index (χ0n) is 24.7. The van der Waals surface area contributed by atoms with Crippen LogP contribution in [-0.4, -0.2) is 57.4 Å². The molecule has 0 spiro atoms. The second kappa shape index (κ2) is 14.4. The standard InChI is InChI=1S/C33H41N3O5S/c1-4-31(33(38)34-27-13-8-9-14-27)35(22-21-26-11-6-5-7-12-26)32(37)24-36(28-15-10-16-29(23-28)41-3)42(39,40)30-19-17-25(2)18-20-30/h5-7,10-12,15-20,23,27,31H,4,8-9,13-14,21-22,24H2,1-3H3,(H,34,38). The van der Waals surface area contributed by atoms with Gasteiger partial charge in [-0.15, -0.1) is 0 Å². The van der Waals surface area contributed by atoms with Gasteiger partial charge in [0.05, 0.1) is 17.7 Å². The lowest BCUT2D eigenvalue weighted by Gasteiger charge is -2.33. The molecular formula is C33H41N3O5S. The molecule has 1 aliphatic rings. The summed E-state index contributed by atoms with van der Waals surface area (Å²) in [6.07, 6.45) is 4.94. The second-order valence-electron chi connectivity index (χ2n) is 10.8. The Morgan fingerprint density at radius 3 is 2.31 bits per heavy atom. The van der Waals surface area contributed by atoms with Gasteiger partial charge in [0.2, 0.25) is 11.8 Å². The minimum absolute atomic E-state index is 0.0746. The van der Waals surface area contributed by atoms with Crippen LogP contribution in [-0.2, 0) is 26.0 Å². The molecule has 1 aliphatic carbocycles. The Bertz CT molecular complexity index is 1440. The van der Waals surface area contributed by atoms with Crippen molar-refractivity contribution in [3.8, 4) is 5.75 Å². The highest BCUT2D eigenvalue weighted by Crippen LogP contribution is 2.28. The number of nitrogens with one attached hydrogen (secondary N) is 1. The molecule has 0 bridgehead atoms. The van der Waals surface area contributed by atoms with E-state index in [2.05, 4.69) is 5.32 Å². The number of rotatable bonds is 13. The van der Waals surface area contributed by atoms with Crippen molar-refractivity contribution in [2.45, 2.75) is 69.4 Å². The number of benzene rings is 3. The van der Waals surface area contributed by atoms with Crippen LogP contribution in [0.5, 0.6) is 5.75 Å². The fourth-order valence-corrected chi connectivity index (χ4v) is 6.80. The van der Waals surface area contributed by atoms with E-state index < -0.39 is 28.5 Å². The van der Waals surface area contributed by atoms with Crippen LogP contribution in [0, 0.1) is 6.92 Å². The highest BCUT2D eigenvalue weighted by molar-refractivity contribution is 7.92. The topological polar surface area (TPSA) is 96.0 Å². The van der Waals surface area contributed by atoms with Crippen molar-refractivity contribution in [2.24, 2.45) is 0 Å². The maximum absolute atomic E-state index is 14.2. The van der Waals surface area contributed by atoms with Gasteiger partial charge in [0.1, 0.15) is 18.3 Å². The monoisotopic (exact) mass is 591 g/mol. The smallest absolute Gasteiger partial charge is 0.264 e. The van der Waals surface area contributed by atoms with E-state index in [1.807, 2.05) is 44.2 Å².